The summed E-state index contributed by atoms with van der Waals surface area (Å²) in [5.74, 6) is -7.04. The van der Waals surface area contributed by atoms with Crippen LogP contribution in [0.5, 0.6) is 5.75 Å². The van der Waals surface area contributed by atoms with Crippen LogP contribution in [0.3, 0.4) is 0 Å². The molecule has 1 amide bonds. The van der Waals surface area contributed by atoms with Crippen LogP contribution in [0.25, 0.3) is 0 Å². The van der Waals surface area contributed by atoms with E-state index in [2.05, 4.69) is 0 Å². The van der Waals surface area contributed by atoms with Gasteiger partial charge in [-0.1, -0.05) is 75.8 Å². The Morgan fingerprint density at radius 2 is 1.63 bits per heavy atom. The number of nitrogens with zero attached hydrogens (tertiary/aromatic N) is 1. The standard InChI is InChI=1S/C48H67NO11/c1-30-13-9-8-10-14-31(2)25-32(3)40(51)28-41(52)33(4)27-44(58-7)42(53)29-43(34(5)26-36-18-20-37(50)21-19-36)59-47(56)39-15-11-12-24-49(39)46(55)45(54)48(57)35(6)17-23-38(60-48)22-16-30/h8-10,13-14,18-21,27,31-32,34-35,38-39,41,43-44,50,52,57H,11-12,15-17,22-26,28-29H2,1-7H3/b9-8+,14-10+,30-13+,33-27+/t31-,32-,34-,35-,38-,39+,41+,43+,44-,48-/m1/s1. The predicted molar refractivity (Wildman–Crippen MR) is 227 cm³/mol. The lowest BCUT2D eigenvalue weighted by atomic mass is 9.85. The first-order chi connectivity index (χ1) is 28.4. The summed E-state index contributed by atoms with van der Waals surface area (Å²) in [5, 5.41) is 32.7. The zero-order chi connectivity index (χ0) is 44.1. The second-order valence-electron chi connectivity index (χ2n) is 17.4. The van der Waals surface area contributed by atoms with Crippen molar-refractivity contribution in [3.05, 3.63) is 77.4 Å². The fraction of sp³-hybridized carbons (Fsp3) is 0.604. The number of ketones is 3. The Morgan fingerprint density at radius 3 is 2.33 bits per heavy atom. The highest BCUT2D eigenvalue weighted by Gasteiger charge is 2.52. The minimum absolute atomic E-state index is 0.0877. The van der Waals surface area contributed by atoms with Gasteiger partial charge in [0.15, 0.2) is 5.78 Å². The van der Waals surface area contributed by atoms with Crippen LogP contribution in [-0.2, 0) is 44.6 Å². The lowest BCUT2D eigenvalue weighted by molar-refractivity contribution is -0.263. The largest absolute Gasteiger partial charge is 0.508 e. The van der Waals surface area contributed by atoms with Gasteiger partial charge in [0.05, 0.1) is 12.2 Å². The van der Waals surface area contributed by atoms with Gasteiger partial charge in [0.2, 0.25) is 5.79 Å². The molecule has 10 atom stereocenters. The number of piperidine rings is 1. The van der Waals surface area contributed by atoms with Crippen LogP contribution >= 0.6 is 0 Å². The van der Waals surface area contributed by atoms with Crippen molar-refractivity contribution in [3.63, 3.8) is 0 Å². The average Bonchev–Trinajstić information content (AvgIpc) is 3.22. The van der Waals surface area contributed by atoms with Gasteiger partial charge in [0, 0.05) is 38.3 Å². The molecule has 12 nitrogen and oxygen atoms in total. The molecule has 12 heteroatoms. The van der Waals surface area contributed by atoms with Gasteiger partial charge in [-0.15, -0.1) is 0 Å². The molecule has 60 heavy (non-hydrogen) atoms. The third-order valence-corrected chi connectivity index (χ3v) is 12.4. The van der Waals surface area contributed by atoms with Gasteiger partial charge in [-0.25, -0.2) is 4.79 Å². The van der Waals surface area contributed by atoms with Crippen molar-refractivity contribution in [2.45, 2.75) is 148 Å². The molecule has 3 heterocycles. The molecule has 3 aliphatic heterocycles. The van der Waals surface area contributed by atoms with Crippen LogP contribution in [0.2, 0.25) is 0 Å². The van der Waals surface area contributed by atoms with E-state index >= 15 is 0 Å². The molecule has 0 spiro atoms. The highest BCUT2D eigenvalue weighted by atomic mass is 16.6. The van der Waals surface area contributed by atoms with E-state index in [1.165, 1.54) is 18.1 Å². The number of hydrogen-bond acceptors (Lipinski definition) is 11. The number of phenolic OH excluding ortho intramolecular Hbond substituents is 1. The molecule has 2 saturated heterocycles. The number of fused-ring (bicyclic) bond motifs is 3. The third kappa shape index (κ3) is 13.4. The van der Waals surface area contributed by atoms with E-state index in [-0.39, 0.29) is 49.2 Å². The molecular formula is C48H67NO11. The van der Waals surface area contributed by atoms with Crippen LogP contribution in [-0.4, -0.2) is 99.3 Å². The van der Waals surface area contributed by atoms with Crippen molar-refractivity contribution in [3.8, 4) is 5.75 Å². The molecule has 2 bridgehead atoms. The number of aliphatic hydroxyl groups excluding tert-OH is 1. The van der Waals surface area contributed by atoms with E-state index in [1.54, 1.807) is 38.1 Å². The number of ether oxygens (including phenoxy) is 3. The van der Waals surface area contributed by atoms with Crippen molar-refractivity contribution in [2.24, 2.45) is 23.7 Å². The third-order valence-electron chi connectivity index (χ3n) is 12.4. The van der Waals surface area contributed by atoms with E-state index in [0.29, 0.717) is 56.9 Å². The van der Waals surface area contributed by atoms with E-state index < -0.39 is 71.5 Å². The summed E-state index contributed by atoms with van der Waals surface area (Å²) >= 11 is 0. The van der Waals surface area contributed by atoms with Crippen molar-refractivity contribution >= 4 is 29.2 Å². The molecule has 2 fully saturated rings. The van der Waals surface area contributed by atoms with Crippen molar-refractivity contribution in [2.75, 3.05) is 13.7 Å². The van der Waals surface area contributed by atoms with E-state index in [0.717, 1.165) is 11.1 Å². The summed E-state index contributed by atoms with van der Waals surface area (Å²) in [5.41, 5.74) is 2.27. The summed E-state index contributed by atoms with van der Waals surface area (Å²) < 4.78 is 17.8. The van der Waals surface area contributed by atoms with Crippen LogP contribution in [0.4, 0.5) is 0 Å². The number of phenols is 1. The summed E-state index contributed by atoms with van der Waals surface area (Å²) in [6, 6.07) is 5.42. The molecule has 330 valence electrons. The number of methoxy groups -OCH3 is 1. The fourth-order valence-corrected chi connectivity index (χ4v) is 8.25. The normalized spacial score (nSPS) is 35.0. The highest BCUT2D eigenvalue weighted by molar-refractivity contribution is 6.39. The molecule has 3 N–H and O–H groups in total. The van der Waals surface area contributed by atoms with Crippen molar-refractivity contribution in [1.82, 2.24) is 4.90 Å². The smallest absolute Gasteiger partial charge is 0.329 e. The molecule has 4 rings (SSSR count). The number of amides is 1. The molecule has 0 aromatic heterocycles. The maximum absolute atomic E-state index is 14.2. The summed E-state index contributed by atoms with van der Waals surface area (Å²) in [6.07, 6.45) is 11.7. The second-order valence-corrected chi connectivity index (χ2v) is 17.4. The Labute approximate surface area is 355 Å². The van der Waals surface area contributed by atoms with Gasteiger partial charge < -0.3 is 34.4 Å². The Hall–Kier alpha value is -4.23. The van der Waals surface area contributed by atoms with Crippen LogP contribution in [0.15, 0.2) is 71.9 Å². The zero-order valence-electron chi connectivity index (χ0n) is 36.5. The summed E-state index contributed by atoms with van der Waals surface area (Å²) in [4.78, 5) is 70.5. The number of rotatable bonds is 4. The second kappa shape index (κ2) is 22.6. The number of benzene rings is 1. The highest BCUT2D eigenvalue weighted by Crippen LogP contribution is 2.36. The summed E-state index contributed by atoms with van der Waals surface area (Å²) in [7, 11) is 1.36. The van der Waals surface area contributed by atoms with Crippen LogP contribution in [0, 0.1) is 23.7 Å². The number of carbonyl (C=O) groups is 5. The number of carbonyl (C=O) groups excluding carboxylic acids is 5. The van der Waals surface area contributed by atoms with Crippen LogP contribution in [0.1, 0.15) is 111 Å². The lowest BCUT2D eigenvalue weighted by Gasteiger charge is -2.42. The Bertz CT molecular complexity index is 1780. The molecule has 1 aromatic carbocycles. The van der Waals surface area contributed by atoms with E-state index in [9.17, 15) is 39.3 Å². The molecule has 3 aliphatic rings. The first-order valence-electron chi connectivity index (χ1n) is 21.6. The van der Waals surface area contributed by atoms with Gasteiger partial charge in [-0.2, -0.15) is 0 Å². The Kier molecular flexibility index (Phi) is 18.2. The number of esters is 1. The van der Waals surface area contributed by atoms with Gasteiger partial charge in [0.25, 0.3) is 11.7 Å². The molecule has 1 aromatic rings. The predicted octanol–water partition coefficient (Wildman–Crippen LogP) is 6.69. The fourth-order valence-electron chi connectivity index (χ4n) is 8.25. The minimum atomic E-state index is -2.36. The summed E-state index contributed by atoms with van der Waals surface area (Å²) in [6.45, 7) is 11.1. The molecule has 0 saturated carbocycles. The quantitative estimate of drug-likeness (QED) is 0.167. The number of allylic oxidation sites excluding steroid dienone is 6. The first kappa shape index (κ1) is 48.4. The molecule has 0 aliphatic carbocycles. The van der Waals surface area contributed by atoms with Gasteiger partial charge in [-0.05, 0) is 113 Å². The van der Waals surface area contributed by atoms with E-state index in [1.807, 2.05) is 58.1 Å². The van der Waals surface area contributed by atoms with Crippen molar-refractivity contribution in [1.29, 1.82) is 0 Å². The Balaban J connectivity index is 1.67. The lowest BCUT2D eigenvalue weighted by Crippen LogP contribution is -2.60. The first-order valence-corrected chi connectivity index (χ1v) is 21.6. The molecular weight excluding hydrogens is 767 g/mol. The molecule has 0 radical (unpaired) electrons. The topological polar surface area (TPSA) is 177 Å². The maximum Gasteiger partial charge on any atom is 0.329 e. The van der Waals surface area contributed by atoms with Crippen molar-refractivity contribution < 1.29 is 53.5 Å². The minimum Gasteiger partial charge on any atom is -0.508 e. The number of aromatic hydroxyl groups is 1. The number of aliphatic hydroxyl groups is 2. The molecule has 0 unspecified atom stereocenters. The number of cyclic esters (lactones) is 1. The van der Waals surface area contributed by atoms with Gasteiger partial charge in [0.1, 0.15) is 29.8 Å². The average molecular weight is 834 g/mol. The van der Waals surface area contributed by atoms with E-state index in [4.69, 9.17) is 14.2 Å². The SMILES string of the molecule is CO[C@@H]1/C=C(\C)[C@@H](O)CC(=O)[C@H](C)C[C@H](C)/C=C/C=C/C=C(\C)CC[C@@H]2CC[C@@H](C)[C@@](O)(O2)C(=O)C(=O)N2CCCC[C@H]2C(=O)O[C@H]([C@H](C)Cc2ccc(O)cc2)CC1=O. The van der Waals surface area contributed by atoms with Gasteiger partial charge in [-0.3, -0.25) is 19.2 Å². The van der Waals surface area contributed by atoms with Gasteiger partial charge >= 0.3 is 5.97 Å². The van der Waals surface area contributed by atoms with Crippen LogP contribution < -0.4 is 0 Å². The number of Topliss-reactive ketones (excluding diaryl/α,β-unsaturated/α-hetero) is 3. The number of hydrogen-bond donors (Lipinski definition) is 3. The Morgan fingerprint density at radius 1 is 0.917 bits per heavy atom. The monoisotopic (exact) mass is 833 g/mol. The zero-order valence-corrected chi connectivity index (χ0v) is 36.5. The maximum atomic E-state index is 14.2.